The number of ether oxygens (including phenoxy) is 1. The lowest BCUT2D eigenvalue weighted by Gasteiger charge is -2.12. The van der Waals surface area contributed by atoms with Crippen molar-refractivity contribution in [3.8, 4) is 5.75 Å². The normalized spacial score (nSPS) is 10.6. The van der Waals surface area contributed by atoms with Crippen LogP contribution in [0.25, 0.3) is 10.9 Å². The van der Waals surface area contributed by atoms with E-state index in [0.717, 1.165) is 28.0 Å². The molecule has 4 nitrogen and oxygen atoms in total. The number of aromatic nitrogens is 2. The zero-order chi connectivity index (χ0) is 14.7. The molecule has 1 heterocycles. The lowest BCUT2D eigenvalue weighted by Crippen LogP contribution is -2.04. The molecule has 21 heavy (non-hydrogen) atoms. The van der Waals surface area contributed by atoms with Crippen LogP contribution in [0.1, 0.15) is 5.56 Å². The quantitative estimate of drug-likeness (QED) is 0.793. The summed E-state index contributed by atoms with van der Waals surface area (Å²) >= 11 is 6.24. The summed E-state index contributed by atoms with van der Waals surface area (Å²) < 4.78 is 5.34. The molecule has 0 bridgehead atoms. The van der Waals surface area contributed by atoms with Crippen molar-refractivity contribution >= 4 is 28.3 Å². The van der Waals surface area contributed by atoms with Gasteiger partial charge in [0.2, 0.25) is 0 Å². The molecule has 0 radical (unpaired) electrons. The van der Waals surface area contributed by atoms with Gasteiger partial charge in [-0.25, -0.2) is 9.97 Å². The van der Waals surface area contributed by atoms with Crippen molar-refractivity contribution in [2.75, 3.05) is 12.4 Å². The molecule has 1 N–H and O–H groups in total. The fourth-order valence-electron chi connectivity index (χ4n) is 2.22. The Balaban J connectivity index is 1.91. The van der Waals surface area contributed by atoms with Gasteiger partial charge in [-0.15, -0.1) is 0 Å². The van der Waals surface area contributed by atoms with Crippen molar-refractivity contribution in [2.45, 2.75) is 6.54 Å². The number of methoxy groups -OCH3 is 1. The van der Waals surface area contributed by atoms with Crippen LogP contribution < -0.4 is 10.1 Å². The minimum Gasteiger partial charge on any atom is -0.496 e. The summed E-state index contributed by atoms with van der Waals surface area (Å²) in [7, 11) is 1.63. The molecule has 106 valence electrons. The van der Waals surface area contributed by atoms with Crippen LogP contribution in [0.5, 0.6) is 5.75 Å². The first-order chi connectivity index (χ1) is 10.3. The largest absolute Gasteiger partial charge is 0.496 e. The number of hydrogen-bond acceptors (Lipinski definition) is 4. The minimum absolute atomic E-state index is 0.532. The summed E-state index contributed by atoms with van der Waals surface area (Å²) in [5.74, 6) is 1.54. The van der Waals surface area contributed by atoms with Crippen LogP contribution in [0.4, 0.5) is 5.82 Å². The molecule has 1 aromatic heterocycles. The highest BCUT2D eigenvalue weighted by molar-refractivity contribution is 6.31. The van der Waals surface area contributed by atoms with E-state index in [1.165, 1.54) is 0 Å². The van der Waals surface area contributed by atoms with E-state index >= 15 is 0 Å². The lowest BCUT2D eigenvalue weighted by atomic mass is 10.2. The third kappa shape index (κ3) is 2.76. The Morgan fingerprint density at radius 1 is 1.10 bits per heavy atom. The standard InChI is InChI=1S/C16H14ClN3O/c1-21-15-8-4-6-13(17)12(15)9-18-16-11-5-2-3-7-14(11)19-10-20-16/h2-8,10H,9H2,1H3,(H,18,19,20). The number of rotatable bonds is 4. The van der Waals surface area contributed by atoms with Crippen LogP contribution in [0.2, 0.25) is 5.02 Å². The first kappa shape index (κ1) is 13.6. The molecule has 0 saturated carbocycles. The Labute approximate surface area is 127 Å². The van der Waals surface area contributed by atoms with Crippen LogP contribution >= 0.6 is 11.6 Å². The summed E-state index contributed by atoms with van der Waals surface area (Å²) in [5, 5.41) is 4.95. The van der Waals surface area contributed by atoms with Gasteiger partial charge >= 0.3 is 0 Å². The first-order valence-corrected chi connectivity index (χ1v) is 6.92. The van der Waals surface area contributed by atoms with Gasteiger partial charge in [0.1, 0.15) is 17.9 Å². The molecule has 0 aliphatic carbocycles. The molecule has 3 aromatic rings. The van der Waals surface area contributed by atoms with Gasteiger partial charge in [-0.05, 0) is 24.3 Å². The topological polar surface area (TPSA) is 47.0 Å². The molecule has 0 spiro atoms. The van der Waals surface area contributed by atoms with Gasteiger partial charge in [0.25, 0.3) is 0 Å². The smallest absolute Gasteiger partial charge is 0.137 e. The second kappa shape index (κ2) is 5.97. The minimum atomic E-state index is 0.532. The van der Waals surface area contributed by atoms with Crippen LogP contribution in [0, 0.1) is 0 Å². The van der Waals surface area contributed by atoms with Gasteiger partial charge < -0.3 is 10.1 Å². The predicted molar refractivity (Wildman–Crippen MR) is 84.9 cm³/mol. The fourth-order valence-corrected chi connectivity index (χ4v) is 2.45. The SMILES string of the molecule is COc1cccc(Cl)c1CNc1ncnc2ccccc12. The molecular weight excluding hydrogens is 286 g/mol. The number of fused-ring (bicyclic) bond motifs is 1. The van der Waals surface area contributed by atoms with E-state index in [1.54, 1.807) is 13.4 Å². The average Bonchev–Trinajstić information content (AvgIpc) is 2.53. The van der Waals surface area contributed by atoms with Crippen LogP contribution in [0.15, 0.2) is 48.8 Å². The van der Waals surface area contributed by atoms with E-state index in [-0.39, 0.29) is 0 Å². The summed E-state index contributed by atoms with van der Waals surface area (Å²) in [6.45, 7) is 0.532. The summed E-state index contributed by atoms with van der Waals surface area (Å²) in [4.78, 5) is 8.55. The van der Waals surface area contributed by atoms with E-state index in [0.29, 0.717) is 11.6 Å². The predicted octanol–water partition coefficient (Wildman–Crippen LogP) is 3.90. The highest BCUT2D eigenvalue weighted by atomic mass is 35.5. The van der Waals surface area contributed by atoms with Crippen molar-refractivity contribution < 1.29 is 4.74 Å². The molecule has 0 fully saturated rings. The first-order valence-electron chi connectivity index (χ1n) is 6.54. The maximum absolute atomic E-state index is 6.24. The lowest BCUT2D eigenvalue weighted by molar-refractivity contribution is 0.410. The molecule has 0 saturated heterocycles. The molecule has 5 heteroatoms. The second-order valence-electron chi connectivity index (χ2n) is 4.51. The highest BCUT2D eigenvalue weighted by Gasteiger charge is 2.09. The number of nitrogens with one attached hydrogen (secondary N) is 1. The Hall–Kier alpha value is -2.33. The van der Waals surface area contributed by atoms with Crippen LogP contribution in [-0.2, 0) is 6.54 Å². The molecule has 0 amide bonds. The monoisotopic (exact) mass is 299 g/mol. The van der Waals surface area contributed by atoms with Gasteiger partial charge in [0.05, 0.1) is 12.6 Å². The zero-order valence-corrected chi connectivity index (χ0v) is 12.3. The Morgan fingerprint density at radius 3 is 2.81 bits per heavy atom. The number of hydrogen-bond donors (Lipinski definition) is 1. The molecule has 0 atom stereocenters. The Morgan fingerprint density at radius 2 is 1.95 bits per heavy atom. The third-order valence-corrected chi connectivity index (χ3v) is 3.63. The average molecular weight is 300 g/mol. The Bertz CT molecular complexity index is 771. The summed E-state index contributed by atoms with van der Waals surface area (Å²) in [5.41, 5.74) is 1.81. The van der Waals surface area contributed by atoms with Crippen molar-refractivity contribution in [2.24, 2.45) is 0 Å². The number of nitrogens with zero attached hydrogens (tertiary/aromatic N) is 2. The van der Waals surface area contributed by atoms with Crippen molar-refractivity contribution in [1.29, 1.82) is 0 Å². The molecule has 0 aliphatic rings. The molecule has 2 aromatic carbocycles. The molecule has 0 unspecified atom stereocenters. The van der Waals surface area contributed by atoms with E-state index in [4.69, 9.17) is 16.3 Å². The fraction of sp³-hybridized carbons (Fsp3) is 0.125. The Kier molecular flexibility index (Phi) is 3.88. The van der Waals surface area contributed by atoms with Crippen LogP contribution in [0.3, 0.4) is 0 Å². The zero-order valence-electron chi connectivity index (χ0n) is 11.5. The van der Waals surface area contributed by atoms with Crippen LogP contribution in [-0.4, -0.2) is 17.1 Å². The van der Waals surface area contributed by atoms with Crippen molar-refractivity contribution in [3.63, 3.8) is 0 Å². The van der Waals surface area contributed by atoms with E-state index in [9.17, 15) is 0 Å². The maximum atomic E-state index is 6.24. The number of anilines is 1. The van der Waals surface area contributed by atoms with E-state index < -0.39 is 0 Å². The second-order valence-corrected chi connectivity index (χ2v) is 4.92. The summed E-state index contributed by atoms with van der Waals surface area (Å²) in [6.07, 6.45) is 1.55. The summed E-state index contributed by atoms with van der Waals surface area (Å²) in [6, 6.07) is 13.5. The molecule has 0 aliphatic heterocycles. The van der Waals surface area contributed by atoms with Gasteiger partial charge in [0, 0.05) is 22.5 Å². The number of para-hydroxylation sites is 1. The van der Waals surface area contributed by atoms with E-state index in [1.807, 2.05) is 42.5 Å². The van der Waals surface area contributed by atoms with Crippen molar-refractivity contribution in [3.05, 3.63) is 59.4 Å². The van der Waals surface area contributed by atoms with Gasteiger partial charge in [0.15, 0.2) is 0 Å². The highest BCUT2D eigenvalue weighted by Crippen LogP contribution is 2.27. The van der Waals surface area contributed by atoms with Crippen molar-refractivity contribution in [1.82, 2.24) is 9.97 Å². The van der Waals surface area contributed by atoms with E-state index in [2.05, 4.69) is 15.3 Å². The number of halogens is 1. The van der Waals surface area contributed by atoms with Gasteiger partial charge in [-0.1, -0.05) is 29.8 Å². The molecule has 3 rings (SSSR count). The van der Waals surface area contributed by atoms with Gasteiger partial charge in [-0.3, -0.25) is 0 Å². The molecular formula is C16H14ClN3O. The van der Waals surface area contributed by atoms with Gasteiger partial charge in [-0.2, -0.15) is 0 Å². The number of benzene rings is 2. The maximum Gasteiger partial charge on any atom is 0.137 e. The third-order valence-electron chi connectivity index (χ3n) is 3.27.